The van der Waals surface area contributed by atoms with Gasteiger partial charge in [-0.1, -0.05) is 24.3 Å². The summed E-state index contributed by atoms with van der Waals surface area (Å²) in [4.78, 5) is 24.1. The molecular formula is C19H22FN3O4. The van der Waals surface area contributed by atoms with Crippen LogP contribution in [0.5, 0.6) is 5.75 Å². The van der Waals surface area contributed by atoms with E-state index < -0.39 is 10.7 Å². The number of anilines is 1. The molecule has 1 N–H and O–H groups in total. The van der Waals surface area contributed by atoms with Crippen molar-refractivity contribution in [1.82, 2.24) is 4.90 Å². The molecule has 0 spiro atoms. The fourth-order valence-corrected chi connectivity index (χ4v) is 2.41. The van der Waals surface area contributed by atoms with Gasteiger partial charge in [-0.05, 0) is 24.6 Å². The second-order valence-electron chi connectivity index (χ2n) is 5.90. The summed E-state index contributed by atoms with van der Waals surface area (Å²) in [5, 5.41) is 13.9. The highest BCUT2D eigenvalue weighted by molar-refractivity contribution is 5.75. The molecule has 1 amide bonds. The number of rotatable bonds is 10. The molecule has 2 aromatic carbocycles. The number of carbonyl (C=O) groups excluding carboxylic acids is 1. The molecular weight excluding hydrogens is 353 g/mol. The van der Waals surface area contributed by atoms with Crippen LogP contribution in [0.15, 0.2) is 48.5 Å². The lowest BCUT2D eigenvalue weighted by Crippen LogP contribution is -2.31. The first-order valence-electron chi connectivity index (χ1n) is 8.57. The largest absolute Gasteiger partial charge is 0.489 e. The van der Waals surface area contributed by atoms with Crippen LogP contribution in [-0.4, -0.2) is 42.5 Å². The van der Waals surface area contributed by atoms with E-state index >= 15 is 0 Å². The molecule has 0 unspecified atom stereocenters. The molecule has 0 saturated carbocycles. The van der Waals surface area contributed by atoms with Gasteiger partial charge in [0.25, 0.3) is 5.69 Å². The number of amides is 1. The Balaban J connectivity index is 1.68. The van der Waals surface area contributed by atoms with Gasteiger partial charge in [-0.3, -0.25) is 14.9 Å². The van der Waals surface area contributed by atoms with Crippen LogP contribution in [0, 0.1) is 15.9 Å². The minimum Gasteiger partial charge on any atom is -0.489 e. The topological polar surface area (TPSA) is 84.7 Å². The molecule has 0 radical (unpaired) electrons. The Labute approximate surface area is 156 Å². The third-order valence-electron chi connectivity index (χ3n) is 3.93. The van der Waals surface area contributed by atoms with Gasteiger partial charge in [-0.25, -0.2) is 4.39 Å². The number of nitro benzene ring substituents is 1. The van der Waals surface area contributed by atoms with Crippen LogP contribution in [0.3, 0.4) is 0 Å². The lowest BCUT2D eigenvalue weighted by Gasteiger charge is -2.17. The molecule has 0 aliphatic carbocycles. The van der Waals surface area contributed by atoms with Crippen molar-refractivity contribution in [2.24, 2.45) is 0 Å². The van der Waals surface area contributed by atoms with Gasteiger partial charge < -0.3 is 15.0 Å². The normalized spacial score (nSPS) is 10.3. The number of nitro groups is 1. The highest BCUT2D eigenvalue weighted by Gasteiger charge is 2.12. The Bertz CT molecular complexity index is 785. The van der Waals surface area contributed by atoms with Gasteiger partial charge in [0.05, 0.1) is 11.5 Å². The maximum absolute atomic E-state index is 13.4. The van der Waals surface area contributed by atoms with Crippen molar-refractivity contribution in [1.29, 1.82) is 0 Å². The number of nitrogens with zero attached hydrogens (tertiary/aromatic N) is 2. The molecule has 8 heteroatoms. The van der Waals surface area contributed by atoms with Crippen LogP contribution in [0.25, 0.3) is 0 Å². The number of nitrogens with one attached hydrogen (secondary N) is 1. The lowest BCUT2D eigenvalue weighted by atomic mass is 10.2. The monoisotopic (exact) mass is 375 g/mol. The summed E-state index contributed by atoms with van der Waals surface area (Å²) in [5.74, 6) is -0.351. The minimum atomic E-state index is -0.448. The number of halogens is 1. The predicted molar refractivity (Wildman–Crippen MR) is 100 cm³/mol. The summed E-state index contributed by atoms with van der Waals surface area (Å²) >= 11 is 0. The number of carbonyl (C=O) groups is 1. The van der Waals surface area contributed by atoms with Crippen molar-refractivity contribution >= 4 is 17.3 Å². The van der Waals surface area contributed by atoms with Gasteiger partial charge in [0.2, 0.25) is 5.91 Å². The summed E-state index contributed by atoms with van der Waals surface area (Å²) in [6, 6.07) is 12.5. The Kier molecular flexibility index (Phi) is 7.54. The minimum absolute atomic E-state index is 0.00578. The second kappa shape index (κ2) is 10.1. The number of benzene rings is 2. The first kappa shape index (κ1) is 20.2. The van der Waals surface area contributed by atoms with Crippen LogP contribution in [0.2, 0.25) is 0 Å². The zero-order valence-electron chi connectivity index (χ0n) is 15.1. The highest BCUT2D eigenvalue weighted by atomic mass is 19.1. The zero-order valence-corrected chi connectivity index (χ0v) is 15.1. The molecule has 0 saturated heterocycles. The Hall–Kier alpha value is -3.16. The molecule has 2 rings (SSSR count). The van der Waals surface area contributed by atoms with E-state index in [-0.39, 0.29) is 24.0 Å². The number of hydrogen-bond acceptors (Lipinski definition) is 5. The summed E-state index contributed by atoms with van der Waals surface area (Å²) in [6.45, 7) is 0.971. The lowest BCUT2D eigenvalue weighted by molar-refractivity contribution is -0.384. The van der Waals surface area contributed by atoms with Gasteiger partial charge >= 0.3 is 0 Å². The van der Waals surface area contributed by atoms with Crippen LogP contribution in [0.1, 0.15) is 12.8 Å². The van der Waals surface area contributed by atoms with Gasteiger partial charge in [0, 0.05) is 26.1 Å². The number of para-hydroxylation sites is 3. The van der Waals surface area contributed by atoms with E-state index in [0.29, 0.717) is 31.6 Å². The predicted octanol–water partition coefficient (Wildman–Crippen LogP) is 3.46. The van der Waals surface area contributed by atoms with E-state index in [0.717, 1.165) is 0 Å². The summed E-state index contributed by atoms with van der Waals surface area (Å²) < 4.78 is 18.8. The molecule has 0 atom stereocenters. The average Bonchev–Trinajstić information content (AvgIpc) is 2.66. The standard InChI is InChI=1S/C19H22FN3O4/c1-22(13-14-27-18-10-5-2-7-15(18)20)19(24)11-6-12-21-16-8-3-4-9-17(16)23(25)26/h2-5,7-10,21H,6,11-14H2,1H3. The van der Waals surface area contributed by atoms with Crippen molar-refractivity contribution in [3.63, 3.8) is 0 Å². The first-order valence-corrected chi connectivity index (χ1v) is 8.57. The van der Waals surface area contributed by atoms with E-state index in [1.807, 2.05) is 0 Å². The van der Waals surface area contributed by atoms with Crippen LogP contribution >= 0.6 is 0 Å². The summed E-state index contributed by atoms with van der Waals surface area (Å²) in [5.41, 5.74) is 0.438. The second-order valence-corrected chi connectivity index (χ2v) is 5.90. The van der Waals surface area contributed by atoms with Gasteiger partial charge in [-0.2, -0.15) is 0 Å². The fraction of sp³-hybridized carbons (Fsp3) is 0.316. The molecule has 2 aromatic rings. The molecule has 0 heterocycles. The average molecular weight is 375 g/mol. The molecule has 0 bridgehead atoms. The fourth-order valence-electron chi connectivity index (χ4n) is 2.41. The molecule has 27 heavy (non-hydrogen) atoms. The maximum Gasteiger partial charge on any atom is 0.292 e. The quantitative estimate of drug-likeness (QED) is 0.390. The van der Waals surface area contributed by atoms with Crippen molar-refractivity contribution in [2.45, 2.75) is 12.8 Å². The van der Waals surface area contributed by atoms with E-state index in [4.69, 9.17) is 4.74 Å². The van der Waals surface area contributed by atoms with E-state index in [9.17, 15) is 19.3 Å². The third kappa shape index (κ3) is 6.25. The van der Waals surface area contributed by atoms with E-state index in [2.05, 4.69) is 5.32 Å². The Morgan fingerprint density at radius 2 is 1.93 bits per heavy atom. The van der Waals surface area contributed by atoms with Crippen molar-refractivity contribution in [3.8, 4) is 5.75 Å². The van der Waals surface area contributed by atoms with Gasteiger partial charge in [0.15, 0.2) is 11.6 Å². The van der Waals surface area contributed by atoms with Gasteiger partial charge in [-0.15, -0.1) is 0 Å². The maximum atomic E-state index is 13.4. The van der Waals surface area contributed by atoms with Crippen molar-refractivity contribution in [2.75, 3.05) is 32.1 Å². The SMILES string of the molecule is CN(CCOc1ccccc1F)C(=O)CCCNc1ccccc1[N+](=O)[O-]. The van der Waals surface area contributed by atoms with E-state index in [1.165, 1.54) is 23.1 Å². The number of ether oxygens (including phenoxy) is 1. The molecule has 0 aromatic heterocycles. The highest BCUT2D eigenvalue weighted by Crippen LogP contribution is 2.23. The number of likely N-dealkylation sites (N-methyl/N-ethyl adjacent to an activating group) is 1. The summed E-state index contributed by atoms with van der Waals surface area (Å²) in [7, 11) is 1.66. The summed E-state index contributed by atoms with van der Waals surface area (Å²) in [6.07, 6.45) is 0.827. The molecule has 0 aliphatic rings. The smallest absolute Gasteiger partial charge is 0.292 e. The molecule has 0 fully saturated rings. The molecule has 0 aliphatic heterocycles. The van der Waals surface area contributed by atoms with Crippen molar-refractivity contribution < 1.29 is 18.8 Å². The van der Waals surface area contributed by atoms with Crippen LogP contribution < -0.4 is 10.1 Å². The van der Waals surface area contributed by atoms with Gasteiger partial charge in [0.1, 0.15) is 12.3 Å². The first-order chi connectivity index (χ1) is 13.0. The van der Waals surface area contributed by atoms with Crippen LogP contribution in [0.4, 0.5) is 15.8 Å². The third-order valence-corrected chi connectivity index (χ3v) is 3.93. The van der Waals surface area contributed by atoms with Crippen molar-refractivity contribution in [3.05, 3.63) is 64.5 Å². The van der Waals surface area contributed by atoms with Crippen LogP contribution in [-0.2, 0) is 4.79 Å². The van der Waals surface area contributed by atoms with E-state index in [1.54, 1.807) is 37.4 Å². The zero-order chi connectivity index (χ0) is 19.6. The number of hydrogen-bond donors (Lipinski definition) is 1. The molecule has 144 valence electrons. The Morgan fingerprint density at radius 1 is 1.22 bits per heavy atom. The molecule has 7 nitrogen and oxygen atoms in total. The Morgan fingerprint density at radius 3 is 2.67 bits per heavy atom.